The Balaban J connectivity index is 3.86. The normalized spacial score (nSPS) is 11.1. The summed E-state index contributed by atoms with van der Waals surface area (Å²) < 4.78 is 26.9. The van der Waals surface area contributed by atoms with Gasteiger partial charge >= 0.3 is 0 Å². The molecule has 0 atom stereocenters. The van der Waals surface area contributed by atoms with E-state index in [-0.39, 0.29) is 12.4 Å². The lowest BCUT2D eigenvalue weighted by Gasteiger charge is -2.22. The van der Waals surface area contributed by atoms with Crippen molar-refractivity contribution >= 4 is 15.8 Å². The summed E-state index contributed by atoms with van der Waals surface area (Å²) in [5.74, 6) is 0.919. The number of rotatable bonds is 6. The summed E-state index contributed by atoms with van der Waals surface area (Å²) >= 11 is 0. The van der Waals surface area contributed by atoms with E-state index < -0.39 is 9.84 Å². The third kappa shape index (κ3) is 8.93. The summed E-state index contributed by atoms with van der Waals surface area (Å²) in [6.07, 6.45) is 1.20. The molecular formula is C10H23N3O3S. The first-order chi connectivity index (χ1) is 7.74. The monoisotopic (exact) mass is 265 g/mol. The molecule has 0 rings (SSSR count). The van der Waals surface area contributed by atoms with Gasteiger partial charge in [-0.3, -0.25) is 4.99 Å². The van der Waals surface area contributed by atoms with Crippen molar-refractivity contribution in [2.75, 3.05) is 60.0 Å². The summed E-state index contributed by atoms with van der Waals surface area (Å²) in [6, 6.07) is 0. The van der Waals surface area contributed by atoms with Crippen LogP contribution in [0.5, 0.6) is 0 Å². The lowest BCUT2D eigenvalue weighted by Crippen LogP contribution is -2.35. The molecular weight excluding hydrogens is 242 g/mol. The van der Waals surface area contributed by atoms with Crippen molar-refractivity contribution in [1.82, 2.24) is 9.80 Å². The van der Waals surface area contributed by atoms with Crippen LogP contribution < -0.4 is 0 Å². The van der Waals surface area contributed by atoms with Gasteiger partial charge in [-0.05, 0) is 0 Å². The molecule has 6 nitrogen and oxygen atoms in total. The van der Waals surface area contributed by atoms with Gasteiger partial charge in [0, 0.05) is 34.4 Å². The van der Waals surface area contributed by atoms with E-state index in [0.717, 1.165) is 5.96 Å². The molecule has 0 N–H and O–H groups in total. The second-order valence-corrected chi connectivity index (χ2v) is 6.47. The quantitative estimate of drug-likeness (QED) is 0.369. The Morgan fingerprint density at radius 3 is 2.06 bits per heavy atom. The largest absolute Gasteiger partial charge is 0.378 e. The Hall–Kier alpha value is -0.820. The molecule has 0 aliphatic rings. The summed E-state index contributed by atoms with van der Waals surface area (Å²) in [6.45, 7) is 1.18. The van der Waals surface area contributed by atoms with E-state index in [0.29, 0.717) is 13.2 Å². The minimum Gasteiger partial charge on any atom is -0.378 e. The molecule has 0 bridgehead atoms. The minimum absolute atomic E-state index is 0.0604. The number of sulfone groups is 1. The average Bonchev–Trinajstić information content (AvgIpc) is 2.13. The van der Waals surface area contributed by atoms with Gasteiger partial charge in [-0.2, -0.15) is 0 Å². The predicted molar refractivity (Wildman–Crippen MR) is 70.2 cm³/mol. The zero-order valence-electron chi connectivity index (χ0n) is 11.3. The second kappa shape index (κ2) is 7.50. The topological polar surface area (TPSA) is 62.2 Å². The molecule has 0 aromatic heterocycles. The first-order valence-electron chi connectivity index (χ1n) is 5.38. The van der Waals surface area contributed by atoms with E-state index in [9.17, 15) is 8.42 Å². The summed E-state index contributed by atoms with van der Waals surface area (Å²) in [7, 11) is 4.75. The highest BCUT2D eigenvalue weighted by molar-refractivity contribution is 7.90. The van der Waals surface area contributed by atoms with Crippen molar-refractivity contribution in [1.29, 1.82) is 0 Å². The lowest BCUT2D eigenvalue weighted by molar-refractivity contribution is 0.157. The van der Waals surface area contributed by atoms with Crippen molar-refractivity contribution < 1.29 is 13.2 Å². The number of hydrogen-bond acceptors (Lipinski definition) is 4. The number of nitrogens with zero attached hydrogens (tertiary/aromatic N) is 3. The summed E-state index contributed by atoms with van der Waals surface area (Å²) in [5, 5.41) is 0. The fourth-order valence-electron chi connectivity index (χ4n) is 1.21. The molecule has 0 aromatic rings. The molecule has 0 saturated heterocycles. The van der Waals surface area contributed by atoms with Gasteiger partial charge in [-0.1, -0.05) is 0 Å². The maximum absolute atomic E-state index is 10.8. The van der Waals surface area contributed by atoms with Crippen LogP contribution in [0.4, 0.5) is 0 Å². The highest BCUT2D eigenvalue weighted by Crippen LogP contribution is 1.90. The van der Waals surface area contributed by atoms with Crippen molar-refractivity contribution in [3.05, 3.63) is 0 Å². The average molecular weight is 265 g/mol. The first-order valence-corrected chi connectivity index (χ1v) is 7.44. The molecule has 0 radical (unpaired) electrons. The van der Waals surface area contributed by atoms with E-state index in [2.05, 4.69) is 4.99 Å². The third-order valence-corrected chi connectivity index (χ3v) is 2.80. The Morgan fingerprint density at radius 1 is 1.12 bits per heavy atom. The molecule has 0 unspecified atom stereocenters. The van der Waals surface area contributed by atoms with Gasteiger partial charge in [0.15, 0.2) is 5.96 Å². The molecule has 0 saturated carbocycles. The van der Waals surface area contributed by atoms with Gasteiger partial charge in [-0.15, -0.1) is 0 Å². The molecule has 0 spiro atoms. The summed E-state index contributed by atoms with van der Waals surface area (Å²) in [4.78, 5) is 8.18. The number of ether oxygens (including phenoxy) is 1. The summed E-state index contributed by atoms with van der Waals surface area (Å²) in [5.41, 5.74) is 0. The lowest BCUT2D eigenvalue weighted by atomic mass is 10.6. The van der Waals surface area contributed by atoms with Gasteiger partial charge < -0.3 is 14.5 Å². The van der Waals surface area contributed by atoms with Gasteiger partial charge in [-0.25, -0.2) is 8.42 Å². The van der Waals surface area contributed by atoms with Crippen LogP contribution in [-0.2, 0) is 14.6 Å². The van der Waals surface area contributed by atoms with E-state index >= 15 is 0 Å². The SMILES string of the molecule is CN(C)C(=NCCOCCS(C)(=O)=O)N(C)C. The van der Waals surface area contributed by atoms with E-state index in [1.165, 1.54) is 6.26 Å². The predicted octanol–water partition coefficient (Wildman–Crippen LogP) is -0.473. The van der Waals surface area contributed by atoms with Crippen LogP contribution in [0.1, 0.15) is 0 Å². The van der Waals surface area contributed by atoms with E-state index in [1.54, 1.807) is 0 Å². The van der Waals surface area contributed by atoms with Crippen LogP contribution in [0.25, 0.3) is 0 Å². The van der Waals surface area contributed by atoms with Crippen LogP contribution in [-0.4, -0.2) is 84.1 Å². The Bertz CT molecular complexity index is 327. The van der Waals surface area contributed by atoms with Crippen molar-refractivity contribution in [2.45, 2.75) is 0 Å². The molecule has 0 heterocycles. The molecule has 0 fully saturated rings. The highest BCUT2D eigenvalue weighted by atomic mass is 32.2. The zero-order valence-corrected chi connectivity index (χ0v) is 12.1. The fourth-order valence-corrected chi connectivity index (χ4v) is 1.63. The first kappa shape index (κ1) is 16.2. The van der Waals surface area contributed by atoms with Crippen LogP contribution >= 0.6 is 0 Å². The van der Waals surface area contributed by atoms with Crippen molar-refractivity contribution in [3.8, 4) is 0 Å². The van der Waals surface area contributed by atoms with Crippen molar-refractivity contribution in [3.63, 3.8) is 0 Å². The Labute approximate surface area is 104 Å². The number of aliphatic imine (C=N–C) groups is 1. The number of guanidine groups is 1. The van der Waals surface area contributed by atoms with Gasteiger partial charge in [0.1, 0.15) is 9.84 Å². The van der Waals surface area contributed by atoms with Crippen LogP contribution in [0, 0.1) is 0 Å². The molecule has 0 aliphatic heterocycles. The smallest absolute Gasteiger partial charge is 0.195 e. The Kier molecular flexibility index (Phi) is 7.13. The standard InChI is InChI=1S/C10H23N3O3S/c1-12(2)10(13(3)4)11-6-7-16-8-9-17(5,14)15/h6-9H2,1-5H3. The molecule has 102 valence electrons. The molecule has 7 heteroatoms. The minimum atomic E-state index is -2.93. The molecule has 0 amide bonds. The second-order valence-electron chi connectivity index (χ2n) is 4.21. The maximum Gasteiger partial charge on any atom is 0.195 e. The third-order valence-electron chi connectivity index (χ3n) is 1.89. The highest BCUT2D eigenvalue weighted by Gasteiger charge is 2.03. The Morgan fingerprint density at radius 2 is 1.65 bits per heavy atom. The molecule has 0 aliphatic carbocycles. The van der Waals surface area contributed by atoms with Crippen LogP contribution in [0.2, 0.25) is 0 Å². The van der Waals surface area contributed by atoms with E-state index in [1.807, 2.05) is 38.0 Å². The molecule has 0 aromatic carbocycles. The van der Waals surface area contributed by atoms with Gasteiger partial charge in [0.25, 0.3) is 0 Å². The van der Waals surface area contributed by atoms with Crippen molar-refractivity contribution in [2.24, 2.45) is 4.99 Å². The fraction of sp³-hybridized carbons (Fsp3) is 0.900. The van der Waals surface area contributed by atoms with Gasteiger partial charge in [0.2, 0.25) is 0 Å². The van der Waals surface area contributed by atoms with Crippen LogP contribution in [0.15, 0.2) is 4.99 Å². The van der Waals surface area contributed by atoms with Crippen LogP contribution in [0.3, 0.4) is 0 Å². The zero-order chi connectivity index (χ0) is 13.5. The number of hydrogen-bond donors (Lipinski definition) is 0. The molecule has 17 heavy (non-hydrogen) atoms. The van der Waals surface area contributed by atoms with Gasteiger partial charge in [0.05, 0.1) is 25.5 Å². The maximum atomic E-state index is 10.8. The van der Waals surface area contributed by atoms with E-state index in [4.69, 9.17) is 4.74 Å².